The second kappa shape index (κ2) is 7.16. The van der Waals surface area contributed by atoms with Gasteiger partial charge in [0.15, 0.2) is 0 Å². The third-order valence-corrected chi connectivity index (χ3v) is 6.70. The number of likely N-dealkylation sites (tertiary alicyclic amines) is 1. The van der Waals surface area contributed by atoms with Crippen molar-refractivity contribution in [3.63, 3.8) is 0 Å². The molecule has 0 aliphatic carbocycles. The number of rotatable bonds is 5. The zero-order valence-electron chi connectivity index (χ0n) is 17.7. The van der Waals surface area contributed by atoms with E-state index in [0.29, 0.717) is 5.92 Å². The first-order valence-electron chi connectivity index (χ1n) is 10.6. The second-order valence-corrected chi connectivity index (χ2v) is 9.32. The topological polar surface area (TPSA) is 39.6 Å². The molecule has 28 heavy (non-hydrogen) atoms. The Morgan fingerprint density at radius 2 is 1.68 bits per heavy atom. The highest BCUT2D eigenvalue weighted by Crippen LogP contribution is 2.50. The normalized spacial score (nSPS) is 21.6. The molecule has 1 aromatic heterocycles. The lowest BCUT2D eigenvalue weighted by atomic mass is 9.62. The SMILES string of the molecule is CC(C)c1ccc(C(O)(c2ccnc(N3CCCC3)c2)C2(C)CN(C)C2)cc1. The van der Waals surface area contributed by atoms with Crippen molar-refractivity contribution >= 4 is 5.82 Å². The number of benzene rings is 1. The van der Waals surface area contributed by atoms with Crippen LogP contribution in [0.2, 0.25) is 0 Å². The molecule has 150 valence electrons. The minimum absolute atomic E-state index is 0.231. The number of hydrogen-bond acceptors (Lipinski definition) is 4. The summed E-state index contributed by atoms with van der Waals surface area (Å²) < 4.78 is 0. The van der Waals surface area contributed by atoms with Gasteiger partial charge in [0, 0.05) is 37.8 Å². The maximum atomic E-state index is 12.3. The molecular formula is C24H33N3O. The molecule has 2 fully saturated rings. The molecule has 0 spiro atoms. The zero-order chi connectivity index (χ0) is 19.9. The van der Waals surface area contributed by atoms with Crippen molar-refractivity contribution in [3.8, 4) is 0 Å². The van der Waals surface area contributed by atoms with Crippen molar-refractivity contribution < 1.29 is 5.11 Å². The predicted molar refractivity (Wildman–Crippen MR) is 115 cm³/mol. The molecule has 1 aromatic carbocycles. The van der Waals surface area contributed by atoms with Crippen LogP contribution in [-0.4, -0.2) is 48.2 Å². The average molecular weight is 380 g/mol. The summed E-state index contributed by atoms with van der Waals surface area (Å²) in [6.07, 6.45) is 4.30. The van der Waals surface area contributed by atoms with Crippen LogP contribution in [0.1, 0.15) is 56.2 Å². The quantitative estimate of drug-likeness (QED) is 0.853. The van der Waals surface area contributed by atoms with Crippen LogP contribution in [0.4, 0.5) is 5.82 Å². The van der Waals surface area contributed by atoms with Crippen LogP contribution in [0.15, 0.2) is 42.6 Å². The summed E-state index contributed by atoms with van der Waals surface area (Å²) >= 11 is 0. The Morgan fingerprint density at radius 3 is 2.25 bits per heavy atom. The number of aliphatic hydroxyl groups is 1. The van der Waals surface area contributed by atoms with Crippen LogP contribution in [-0.2, 0) is 5.60 Å². The van der Waals surface area contributed by atoms with Crippen molar-refractivity contribution in [1.82, 2.24) is 9.88 Å². The molecule has 4 rings (SSSR count). The molecule has 1 atom stereocenters. The van der Waals surface area contributed by atoms with Gasteiger partial charge in [-0.1, -0.05) is 45.0 Å². The Bertz CT molecular complexity index is 820. The monoisotopic (exact) mass is 379 g/mol. The lowest BCUT2D eigenvalue weighted by Gasteiger charge is -2.56. The molecule has 1 N–H and O–H groups in total. The van der Waals surface area contributed by atoms with E-state index in [1.54, 1.807) is 0 Å². The Balaban J connectivity index is 1.79. The van der Waals surface area contributed by atoms with E-state index < -0.39 is 5.60 Å². The lowest BCUT2D eigenvalue weighted by Crippen LogP contribution is -2.63. The van der Waals surface area contributed by atoms with Gasteiger partial charge in [-0.3, -0.25) is 0 Å². The molecule has 0 bridgehead atoms. The number of anilines is 1. The Morgan fingerprint density at radius 1 is 1.04 bits per heavy atom. The molecule has 2 aromatic rings. The van der Waals surface area contributed by atoms with Crippen molar-refractivity contribution in [1.29, 1.82) is 0 Å². The first kappa shape index (κ1) is 19.4. The van der Waals surface area contributed by atoms with Crippen LogP contribution < -0.4 is 4.90 Å². The van der Waals surface area contributed by atoms with Gasteiger partial charge < -0.3 is 14.9 Å². The minimum Gasteiger partial charge on any atom is -0.380 e. The molecule has 2 aliphatic rings. The molecule has 0 saturated carbocycles. The predicted octanol–water partition coefficient (Wildman–Crippen LogP) is 3.99. The van der Waals surface area contributed by atoms with E-state index in [4.69, 9.17) is 0 Å². The van der Waals surface area contributed by atoms with Gasteiger partial charge >= 0.3 is 0 Å². The summed E-state index contributed by atoms with van der Waals surface area (Å²) in [6.45, 7) is 10.5. The highest BCUT2D eigenvalue weighted by atomic mass is 16.3. The molecule has 2 aliphatic heterocycles. The number of hydrogen-bond donors (Lipinski definition) is 1. The van der Waals surface area contributed by atoms with Crippen LogP contribution in [0.25, 0.3) is 0 Å². The van der Waals surface area contributed by atoms with Gasteiger partial charge in [0.05, 0.1) is 0 Å². The molecule has 4 heteroatoms. The molecule has 2 saturated heterocycles. The van der Waals surface area contributed by atoms with Crippen LogP contribution in [0, 0.1) is 5.41 Å². The van der Waals surface area contributed by atoms with E-state index in [-0.39, 0.29) is 5.41 Å². The second-order valence-electron chi connectivity index (χ2n) is 9.32. The van der Waals surface area contributed by atoms with E-state index >= 15 is 0 Å². The van der Waals surface area contributed by atoms with Crippen molar-refractivity contribution in [2.45, 2.75) is 45.1 Å². The van der Waals surface area contributed by atoms with E-state index in [2.05, 4.69) is 72.9 Å². The fraction of sp³-hybridized carbons (Fsp3) is 0.542. The molecule has 0 radical (unpaired) electrons. The zero-order valence-corrected chi connectivity index (χ0v) is 17.7. The van der Waals surface area contributed by atoms with E-state index in [9.17, 15) is 5.11 Å². The third-order valence-electron chi connectivity index (χ3n) is 6.70. The summed E-state index contributed by atoms with van der Waals surface area (Å²) in [6, 6.07) is 12.7. The third kappa shape index (κ3) is 3.13. The minimum atomic E-state index is -1.04. The first-order valence-corrected chi connectivity index (χ1v) is 10.6. The maximum absolute atomic E-state index is 12.3. The van der Waals surface area contributed by atoms with Gasteiger partial charge in [-0.25, -0.2) is 4.98 Å². The Labute approximate surface area is 169 Å². The fourth-order valence-electron chi connectivity index (χ4n) is 5.11. The first-order chi connectivity index (χ1) is 13.3. The summed E-state index contributed by atoms with van der Waals surface area (Å²) in [5.74, 6) is 1.47. The summed E-state index contributed by atoms with van der Waals surface area (Å²) in [5, 5.41) is 12.3. The highest BCUT2D eigenvalue weighted by Gasteiger charge is 2.55. The van der Waals surface area contributed by atoms with E-state index in [1.807, 2.05) is 12.3 Å². The molecule has 4 nitrogen and oxygen atoms in total. The highest BCUT2D eigenvalue weighted by molar-refractivity contribution is 5.48. The number of nitrogens with zero attached hydrogens (tertiary/aromatic N) is 3. The Hall–Kier alpha value is -1.91. The fourth-order valence-corrected chi connectivity index (χ4v) is 5.11. The van der Waals surface area contributed by atoms with Crippen LogP contribution in [0.3, 0.4) is 0 Å². The van der Waals surface area contributed by atoms with Crippen LogP contribution in [0.5, 0.6) is 0 Å². The average Bonchev–Trinajstić information content (AvgIpc) is 3.21. The molecule has 3 heterocycles. The van der Waals surface area contributed by atoms with Crippen molar-refractivity contribution in [2.75, 3.05) is 38.1 Å². The van der Waals surface area contributed by atoms with Gasteiger partial charge in [-0.15, -0.1) is 0 Å². The van der Waals surface area contributed by atoms with Gasteiger partial charge in [0.1, 0.15) is 11.4 Å². The smallest absolute Gasteiger partial charge is 0.128 e. The summed E-state index contributed by atoms with van der Waals surface area (Å²) in [4.78, 5) is 9.22. The molecular weight excluding hydrogens is 346 g/mol. The molecule has 1 unspecified atom stereocenters. The Kier molecular flexibility index (Phi) is 4.96. The number of pyridine rings is 1. The van der Waals surface area contributed by atoms with Crippen molar-refractivity contribution in [2.24, 2.45) is 5.41 Å². The standard InChI is InChI=1S/C24H33N3O/c1-18(2)19-7-9-20(10-8-19)24(28,23(3)16-26(4)17-23)21-11-12-25-22(15-21)27-13-5-6-14-27/h7-12,15,18,28H,5-6,13-14,16-17H2,1-4H3. The summed E-state index contributed by atoms with van der Waals surface area (Å²) in [7, 11) is 2.12. The largest absolute Gasteiger partial charge is 0.380 e. The number of aromatic nitrogens is 1. The molecule has 0 amide bonds. The summed E-state index contributed by atoms with van der Waals surface area (Å²) in [5.41, 5.74) is 1.97. The maximum Gasteiger partial charge on any atom is 0.128 e. The van der Waals surface area contributed by atoms with Crippen LogP contribution >= 0.6 is 0 Å². The van der Waals surface area contributed by atoms with Gasteiger partial charge in [0.2, 0.25) is 0 Å². The van der Waals surface area contributed by atoms with Gasteiger partial charge in [0.25, 0.3) is 0 Å². The van der Waals surface area contributed by atoms with Crippen molar-refractivity contribution in [3.05, 3.63) is 59.3 Å². The van der Waals surface area contributed by atoms with Gasteiger partial charge in [-0.05, 0) is 54.6 Å². The van der Waals surface area contributed by atoms with Gasteiger partial charge in [-0.2, -0.15) is 0 Å². The van der Waals surface area contributed by atoms with E-state index in [0.717, 1.165) is 43.1 Å². The van der Waals surface area contributed by atoms with E-state index in [1.165, 1.54) is 18.4 Å². The lowest BCUT2D eigenvalue weighted by molar-refractivity contribution is -0.127.